The van der Waals surface area contributed by atoms with E-state index in [2.05, 4.69) is 23.5 Å². The monoisotopic (exact) mass is 627 g/mol. The van der Waals surface area contributed by atoms with E-state index in [0.717, 1.165) is 31.5 Å². The van der Waals surface area contributed by atoms with E-state index in [1.165, 1.54) is 12.1 Å². The van der Waals surface area contributed by atoms with E-state index in [9.17, 15) is 14.0 Å². The van der Waals surface area contributed by atoms with E-state index in [4.69, 9.17) is 21.1 Å². The van der Waals surface area contributed by atoms with Gasteiger partial charge in [-0.2, -0.15) is 4.98 Å². The molecule has 234 valence electrons. The van der Waals surface area contributed by atoms with Crippen LogP contribution in [0.4, 0.5) is 14.6 Å². The maximum Gasteiger partial charge on any atom is 0.350 e. The third-order valence-electron chi connectivity index (χ3n) is 9.09. The highest BCUT2D eigenvalue weighted by atomic mass is 35.5. The summed E-state index contributed by atoms with van der Waals surface area (Å²) in [5.41, 5.74) is 0.214. The standard InChI is InChI=1S/C32H36ClF2N5O4/c1-5-27(41)38-13-19(3)39(14-18(38)2)31-24-12-25(33)28(23-9-8-20(34)11-26(23)35)30-29(24)40(32(42)36-31)22(17-44-30)16-43-15-21-7-6-10-37(21)4/h5,8-9,11-12,18-19,21-22H,1,6-7,10,13-17H2,2-4H3/t18-,19+,21+,22+/m1/s1. The highest BCUT2D eigenvalue weighted by molar-refractivity contribution is 6.35. The van der Waals surface area contributed by atoms with Crippen molar-refractivity contribution in [1.29, 1.82) is 0 Å². The number of anilines is 1. The van der Waals surface area contributed by atoms with Crippen LogP contribution in [0, 0.1) is 11.6 Å². The Morgan fingerprint density at radius 3 is 2.66 bits per heavy atom. The van der Waals surface area contributed by atoms with Gasteiger partial charge in [-0.1, -0.05) is 18.2 Å². The molecule has 12 heteroatoms. The van der Waals surface area contributed by atoms with Gasteiger partial charge in [-0.25, -0.2) is 13.6 Å². The summed E-state index contributed by atoms with van der Waals surface area (Å²) in [7, 11) is 2.08. The van der Waals surface area contributed by atoms with Gasteiger partial charge in [-0.3, -0.25) is 9.36 Å². The average molecular weight is 628 g/mol. The van der Waals surface area contributed by atoms with Crippen molar-refractivity contribution in [3.05, 3.63) is 64.1 Å². The van der Waals surface area contributed by atoms with Crippen molar-refractivity contribution < 1.29 is 23.0 Å². The molecular weight excluding hydrogens is 592 g/mol. The molecule has 9 nitrogen and oxygen atoms in total. The number of amides is 1. The Bertz CT molecular complexity index is 1680. The molecule has 3 aliphatic heterocycles. The summed E-state index contributed by atoms with van der Waals surface area (Å²) in [4.78, 5) is 37.0. The van der Waals surface area contributed by atoms with E-state index < -0.39 is 23.4 Å². The van der Waals surface area contributed by atoms with Crippen molar-refractivity contribution in [1.82, 2.24) is 19.4 Å². The van der Waals surface area contributed by atoms with E-state index in [1.54, 1.807) is 15.5 Å². The first kappa shape index (κ1) is 30.5. The van der Waals surface area contributed by atoms with Gasteiger partial charge < -0.3 is 24.2 Å². The van der Waals surface area contributed by atoms with Crippen LogP contribution in [0.5, 0.6) is 5.75 Å². The Kier molecular flexibility index (Phi) is 8.38. The molecular formula is C32H36ClF2N5O4. The fraction of sp³-hybridized carbons (Fsp3) is 0.469. The number of aromatic nitrogens is 2. The number of benzene rings is 2. The third-order valence-corrected chi connectivity index (χ3v) is 9.39. The molecule has 1 amide bonds. The van der Waals surface area contributed by atoms with E-state index in [-0.39, 0.29) is 53.1 Å². The van der Waals surface area contributed by atoms with E-state index >= 15 is 4.39 Å². The van der Waals surface area contributed by atoms with Crippen LogP contribution in [-0.4, -0.2) is 89.9 Å². The maximum absolute atomic E-state index is 15.1. The second-order valence-corrected chi connectivity index (χ2v) is 12.4. The Morgan fingerprint density at radius 1 is 1.18 bits per heavy atom. The molecule has 44 heavy (non-hydrogen) atoms. The molecule has 0 unspecified atom stereocenters. The first-order valence-corrected chi connectivity index (χ1v) is 15.3. The largest absolute Gasteiger partial charge is 0.488 e. The number of carbonyl (C=O) groups is 1. The molecule has 1 aromatic heterocycles. The summed E-state index contributed by atoms with van der Waals surface area (Å²) in [5.74, 6) is -1.05. The van der Waals surface area contributed by atoms with Gasteiger partial charge in [-0.05, 0) is 64.6 Å². The third kappa shape index (κ3) is 5.35. The normalized spacial score (nSPS) is 23.7. The van der Waals surface area contributed by atoms with Crippen LogP contribution >= 0.6 is 11.6 Å². The minimum absolute atomic E-state index is 0.0585. The van der Waals surface area contributed by atoms with Crippen molar-refractivity contribution in [2.75, 3.05) is 51.4 Å². The van der Waals surface area contributed by atoms with Crippen molar-refractivity contribution in [2.45, 2.75) is 50.9 Å². The van der Waals surface area contributed by atoms with Crippen LogP contribution in [0.25, 0.3) is 22.0 Å². The lowest BCUT2D eigenvalue weighted by Gasteiger charge is -2.45. The lowest BCUT2D eigenvalue weighted by molar-refractivity contribution is -0.128. The van der Waals surface area contributed by atoms with Gasteiger partial charge in [0.15, 0.2) is 5.75 Å². The first-order chi connectivity index (χ1) is 21.1. The number of likely N-dealkylation sites (N-methyl/N-ethyl adjacent to an activating group) is 1. The number of piperazine rings is 1. The molecule has 3 aliphatic rings. The predicted molar refractivity (Wildman–Crippen MR) is 166 cm³/mol. The molecule has 6 rings (SSSR count). The van der Waals surface area contributed by atoms with Gasteiger partial charge in [0.1, 0.15) is 24.1 Å². The van der Waals surface area contributed by atoms with Crippen molar-refractivity contribution in [3.63, 3.8) is 0 Å². The predicted octanol–water partition coefficient (Wildman–Crippen LogP) is 4.65. The second-order valence-electron chi connectivity index (χ2n) is 12.0. The average Bonchev–Trinajstić information content (AvgIpc) is 3.40. The molecule has 4 heterocycles. The van der Waals surface area contributed by atoms with Crippen LogP contribution < -0.4 is 15.3 Å². The number of likely N-dealkylation sites (tertiary alicyclic amines) is 1. The Hall–Kier alpha value is -3.54. The fourth-order valence-corrected chi connectivity index (χ4v) is 7.02. The SMILES string of the molecule is C=CC(=O)N1C[C@H](C)N(c2nc(=O)n3c4c(c(-c5ccc(F)cc5F)c(Cl)cc24)OC[C@@H]3COC[C@@H]2CCCN2C)C[C@H]1C. The molecule has 0 N–H and O–H groups in total. The highest BCUT2D eigenvalue weighted by Crippen LogP contribution is 2.47. The minimum atomic E-state index is -0.800. The van der Waals surface area contributed by atoms with Crippen molar-refractivity contribution in [3.8, 4) is 16.9 Å². The summed E-state index contributed by atoms with van der Waals surface area (Å²) in [6, 6.07) is 4.37. The Labute approximate surface area is 259 Å². The van der Waals surface area contributed by atoms with Crippen LogP contribution in [0.15, 0.2) is 41.7 Å². The number of hydrogen-bond donors (Lipinski definition) is 0. The number of halogens is 3. The molecule has 2 aromatic carbocycles. The van der Waals surface area contributed by atoms with E-state index in [0.29, 0.717) is 42.5 Å². The summed E-state index contributed by atoms with van der Waals surface area (Å²) in [5, 5.41) is 0.727. The quantitative estimate of drug-likeness (QED) is 0.353. The summed E-state index contributed by atoms with van der Waals surface area (Å²) >= 11 is 6.85. The van der Waals surface area contributed by atoms with Gasteiger partial charge in [-0.15, -0.1) is 0 Å². The number of hydrogen-bond acceptors (Lipinski definition) is 7. The van der Waals surface area contributed by atoms with Gasteiger partial charge >= 0.3 is 5.69 Å². The zero-order valence-electron chi connectivity index (χ0n) is 25.1. The molecule has 4 atom stereocenters. The maximum atomic E-state index is 15.1. The zero-order valence-corrected chi connectivity index (χ0v) is 25.8. The van der Waals surface area contributed by atoms with Gasteiger partial charge in [0, 0.05) is 53.8 Å². The van der Waals surface area contributed by atoms with Crippen LogP contribution in [0.3, 0.4) is 0 Å². The summed E-state index contributed by atoms with van der Waals surface area (Å²) in [6.45, 7) is 10.2. The molecule has 3 aromatic rings. The van der Waals surface area contributed by atoms with Crippen LogP contribution in [0.2, 0.25) is 5.02 Å². The second kappa shape index (κ2) is 12.1. The molecule has 2 saturated heterocycles. The molecule has 0 saturated carbocycles. The lowest BCUT2D eigenvalue weighted by atomic mass is 9.99. The summed E-state index contributed by atoms with van der Waals surface area (Å²) < 4.78 is 43.0. The molecule has 0 aliphatic carbocycles. The van der Waals surface area contributed by atoms with Gasteiger partial charge in [0.2, 0.25) is 5.91 Å². The van der Waals surface area contributed by atoms with Crippen LogP contribution in [-0.2, 0) is 9.53 Å². The number of nitrogens with zero attached hydrogens (tertiary/aromatic N) is 5. The number of carbonyl (C=O) groups excluding carboxylic acids is 1. The molecule has 0 spiro atoms. The van der Waals surface area contributed by atoms with Gasteiger partial charge in [0.25, 0.3) is 0 Å². The topological polar surface area (TPSA) is 80.1 Å². The smallest absolute Gasteiger partial charge is 0.350 e. The highest BCUT2D eigenvalue weighted by Gasteiger charge is 2.36. The number of ether oxygens (including phenoxy) is 2. The summed E-state index contributed by atoms with van der Waals surface area (Å²) in [6.07, 6.45) is 3.47. The minimum Gasteiger partial charge on any atom is -0.488 e. The van der Waals surface area contributed by atoms with Crippen molar-refractivity contribution >= 4 is 34.2 Å². The molecule has 2 fully saturated rings. The fourth-order valence-electron chi connectivity index (χ4n) is 6.72. The number of rotatable bonds is 7. The first-order valence-electron chi connectivity index (χ1n) is 14.9. The van der Waals surface area contributed by atoms with E-state index in [1.807, 2.05) is 18.7 Å². The molecule has 0 bridgehead atoms. The van der Waals surface area contributed by atoms with Gasteiger partial charge in [0.05, 0.1) is 29.8 Å². The van der Waals surface area contributed by atoms with Crippen molar-refractivity contribution in [2.24, 2.45) is 0 Å². The zero-order chi connectivity index (χ0) is 31.3. The van der Waals surface area contributed by atoms with Crippen LogP contribution in [0.1, 0.15) is 32.7 Å². The Morgan fingerprint density at radius 2 is 1.95 bits per heavy atom. The lowest BCUT2D eigenvalue weighted by Crippen LogP contribution is -2.58. The molecule has 0 radical (unpaired) electrons. The Balaban J connectivity index is 1.47.